The first-order valence-electron chi connectivity index (χ1n) is 7.84. The van der Waals surface area contributed by atoms with Crippen molar-refractivity contribution < 1.29 is 19.1 Å². The van der Waals surface area contributed by atoms with Crippen LogP contribution in [0.25, 0.3) is 0 Å². The lowest BCUT2D eigenvalue weighted by atomic mass is 9.82. The fourth-order valence-electron chi connectivity index (χ4n) is 2.72. The Labute approximate surface area is 128 Å². The van der Waals surface area contributed by atoms with E-state index in [0.29, 0.717) is 19.0 Å². The summed E-state index contributed by atoms with van der Waals surface area (Å²) in [7, 11) is 1.41. The van der Waals surface area contributed by atoms with E-state index in [-0.39, 0.29) is 18.0 Å². The van der Waals surface area contributed by atoms with E-state index in [4.69, 9.17) is 9.47 Å². The molecule has 0 aromatic heterocycles. The molecule has 0 unspecified atom stereocenters. The van der Waals surface area contributed by atoms with E-state index >= 15 is 0 Å². The Hall–Kier alpha value is -1.26. The van der Waals surface area contributed by atoms with Crippen LogP contribution in [-0.4, -0.2) is 42.8 Å². The van der Waals surface area contributed by atoms with Crippen LogP contribution in [0.1, 0.15) is 53.4 Å². The lowest BCUT2D eigenvalue weighted by molar-refractivity contribution is -0.149. The third-order valence-electron chi connectivity index (χ3n) is 3.84. The van der Waals surface area contributed by atoms with Crippen LogP contribution in [0.15, 0.2) is 0 Å². The molecule has 2 atom stereocenters. The van der Waals surface area contributed by atoms with Crippen molar-refractivity contribution in [3.63, 3.8) is 0 Å². The van der Waals surface area contributed by atoms with Gasteiger partial charge in [-0.25, -0.2) is 4.79 Å². The summed E-state index contributed by atoms with van der Waals surface area (Å²) in [6.07, 6.45) is 3.72. The zero-order chi connectivity index (χ0) is 16.0. The van der Waals surface area contributed by atoms with Gasteiger partial charge in [-0.1, -0.05) is 19.8 Å². The van der Waals surface area contributed by atoms with Crippen LogP contribution in [0.2, 0.25) is 0 Å². The zero-order valence-corrected chi connectivity index (χ0v) is 14.0. The van der Waals surface area contributed by atoms with Gasteiger partial charge in [0.25, 0.3) is 0 Å². The standard InChI is InChI=1S/C16H29NO4/c1-6-7-8-12-9-10-17(11-13(12)14(18)20-5)15(19)21-16(2,3)4/h12-13H,6-11H2,1-5H3/t12-,13-/m0/s1. The summed E-state index contributed by atoms with van der Waals surface area (Å²) in [5.41, 5.74) is -0.517. The number of carbonyl (C=O) groups is 2. The molecule has 1 aliphatic rings. The molecule has 1 fully saturated rings. The van der Waals surface area contributed by atoms with Crippen molar-refractivity contribution in [2.45, 2.75) is 59.0 Å². The zero-order valence-electron chi connectivity index (χ0n) is 14.0. The Morgan fingerprint density at radius 2 is 1.95 bits per heavy atom. The molecule has 0 bridgehead atoms. The van der Waals surface area contributed by atoms with Crippen molar-refractivity contribution in [3.05, 3.63) is 0 Å². The summed E-state index contributed by atoms with van der Waals surface area (Å²) in [5, 5.41) is 0. The second-order valence-corrected chi connectivity index (χ2v) is 6.75. The smallest absolute Gasteiger partial charge is 0.410 e. The van der Waals surface area contributed by atoms with Gasteiger partial charge in [0.2, 0.25) is 0 Å². The van der Waals surface area contributed by atoms with Gasteiger partial charge in [-0.15, -0.1) is 0 Å². The normalized spacial score (nSPS) is 22.8. The number of esters is 1. The third-order valence-corrected chi connectivity index (χ3v) is 3.84. The predicted molar refractivity (Wildman–Crippen MR) is 80.9 cm³/mol. The van der Waals surface area contributed by atoms with E-state index in [0.717, 1.165) is 25.7 Å². The minimum atomic E-state index is -0.517. The Kier molecular flexibility index (Phi) is 6.49. The van der Waals surface area contributed by atoms with Crippen molar-refractivity contribution in [1.82, 2.24) is 4.90 Å². The largest absolute Gasteiger partial charge is 0.469 e. The molecule has 1 amide bonds. The molecule has 0 radical (unpaired) electrons. The number of amides is 1. The van der Waals surface area contributed by atoms with Gasteiger partial charge in [0.1, 0.15) is 5.60 Å². The van der Waals surface area contributed by atoms with Gasteiger partial charge in [-0.2, -0.15) is 0 Å². The molecular weight excluding hydrogens is 270 g/mol. The van der Waals surface area contributed by atoms with Gasteiger partial charge < -0.3 is 14.4 Å². The van der Waals surface area contributed by atoms with Crippen LogP contribution in [0.5, 0.6) is 0 Å². The molecule has 1 saturated heterocycles. The number of unbranched alkanes of at least 4 members (excludes halogenated alkanes) is 1. The molecule has 5 heteroatoms. The van der Waals surface area contributed by atoms with Crippen LogP contribution in [-0.2, 0) is 14.3 Å². The lowest BCUT2D eigenvalue weighted by Crippen LogP contribution is -2.48. The summed E-state index contributed by atoms with van der Waals surface area (Å²) in [6.45, 7) is 8.72. The summed E-state index contributed by atoms with van der Waals surface area (Å²) >= 11 is 0. The number of hydrogen-bond acceptors (Lipinski definition) is 4. The predicted octanol–water partition coefficient (Wildman–Crippen LogP) is 3.22. The van der Waals surface area contributed by atoms with Crippen molar-refractivity contribution in [3.8, 4) is 0 Å². The Morgan fingerprint density at radius 3 is 2.48 bits per heavy atom. The van der Waals surface area contributed by atoms with Crippen LogP contribution in [0.3, 0.4) is 0 Å². The molecule has 0 aliphatic carbocycles. The van der Waals surface area contributed by atoms with Crippen LogP contribution < -0.4 is 0 Å². The first-order valence-corrected chi connectivity index (χ1v) is 7.84. The van der Waals surface area contributed by atoms with Gasteiger partial charge in [0.15, 0.2) is 0 Å². The number of nitrogens with zero attached hydrogens (tertiary/aromatic N) is 1. The monoisotopic (exact) mass is 299 g/mol. The molecule has 0 aromatic carbocycles. The van der Waals surface area contributed by atoms with E-state index in [9.17, 15) is 9.59 Å². The quantitative estimate of drug-likeness (QED) is 0.748. The molecule has 1 rings (SSSR count). The Bertz CT molecular complexity index is 362. The number of hydrogen-bond donors (Lipinski definition) is 0. The molecule has 122 valence electrons. The van der Waals surface area contributed by atoms with Crippen molar-refractivity contribution >= 4 is 12.1 Å². The highest BCUT2D eigenvalue weighted by molar-refractivity contribution is 5.75. The first kappa shape index (κ1) is 17.8. The Morgan fingerprint density at radius 1 is 1.29 bits per heavy atom. The maximum Gasteiger partial charge on any atom is 0.410 e. The van der Waals surface area contributed by atoms with Gasteiger partial charge in [0.05, 0.1) is 13.0 Å². The second-order valence-electron chi connectivity index (χ2n) is 6.75. The van der Waals surface area contributed by atoms with Gasteiger partial charge in [-0.05, 0) is 39.5 Å². The summed E-state index contributed by atoms with van der Waals surface area (Å²) < 4.78 is 10.3. The lowest BCUT2D eigenvalue weighted by Gasteiger charge is -2.37. The number of carbonyl (C=O) groups excluding carboxylic acids is 2. The highest BCUT2D eigenvalue weighted by atomic mass is 16.6. The highest BCUT2D eigenvalue weighted by Crippen LogP contribution is 2.30. The molecule has 1 heterocycles. The number of methoxy groups -OCH3 is 1. The van der Waals surface area contributed by atoms with Crippen molar-refractivity contribution in [2.75, 3.05) is 20.2 Å². The SMILES string of the molecule is CCCC[C@H]1CCN(C(=O)OC(C)(C)C)C[C@@H]1C(=O)OC. The van der Waals surface area contributed by atoms with E-state index in [1.165, 1.54) is 7.11 Å². The fraction of sp³-hybridized carbons (Fsp3) is 0.875. The molecule has 21 heavy (non-hydrogen) atoms. The number of rotatable bonds is 4. The maximum absolute atomic E-state index is 12.1. The van der Waals surface area contributed by atoms with Crippen LogP contribution >= 0.6 is 0 Å². The maximum atomic E-state index is 12.1. The number of likely N-dealkylation sites (tertiary alicyclic amines) is 1. The third kappa shape index (κ3) is 5.56. The molecule has 5 nitrogen and oxygen atoms in total. The van der Waals surface area contributed by atoms with Crippen LogP contribution in [0.4, 0.5) is 4.79 Å². The summed E-state index contributed by atoms with van der Waals surface area (Å²) in [5.74, 6) is -0.150. The number of ether oxygens (including phenoxy) is 2. The second kappa shape index (κ2) is 7.66. The average molecular weight is 299 g/mol. The van der Waals surface area contributed by atoms with E-state index in [1.54, 1.807) is 4.90 Å². The molecule has 0 spiro atoms. The summed E-state index contributed by atoms with van der Waals surface area (Å²) in [6, 6.07) is 0. The van der Waals surface area contributed by atoms with Crippen LogP contribution in [0, 0.1) is 11.8 Å². The van der Waals surface area contributed by atoms with Crippen molar-refractivity contribution in [1.29, 1.82) is 0 Å². The fourth-order valence-corrected chi connectivity index (χ4v) is 2.72. The van der Waals surface area contributed by atoms with E-state index in [1.807, 2.05) is 20.8 Å². The average Bonchev–Trinajstić information content (AvgIpc) is 2.42. The molecule has 0 aromatic rings. The van der Waals surface area contributed by atoms with E-state index in [2.05, 4.69) is 6.92 Å². The highest BCUT2D eigenvalue weighted by Gasteiger charge is 2.37. The molecular formula is C16H29NO4. The molecule has 0 saturated carbocycles. The topological polar surface area (TPSA) is 55.8 Å². The summed E-state index contributed by atoms with van der Waals surface area (Å²) in [4.78, 5) is 25.8. The Balaban J connectivity index is 2.69. The molecule has 1 aliphatic heterocycles. The van der Waals surface area contributed by atoms with E-state index < -0.39 is 5.60 Å². The molecule has 0 N–H and O–H groups in total. The van der Waals surface area contributed by atoms with Crippen molar-refractivity contribution in [2.24, 2.45) is 11.8 Å². The van der Waals surface area contributed by atoms with Gasteiger partial charge in [0, 0.05) is 13.1 Å². The minimum absolute atomic E-state index is 0.218. The minimum Gasteiger partial charge on any atom is -0.469 e. The first-order chi connectivity index (χ1) is 9.78. The van der Waals surface area contributed by atoms with Gasteiger partial charge in [-0.3, -0.25) is 4.79 Å². The number of piperidine rings is 1. The van der Waals surface area contributed by atoms with Gasteiger partial charge >= 0.3 is 12.1 Å².